The first-order chi connectivity index (χ1) is 13.7. The maximum absolute atomic E-state index is 12.5. The SMILES string of the molecule is COc1cc(/C=C(/C#N)C(=O)Nc2cc(C)cc(C)c2)ccc1O[C@H](C)C(=O)O. The lowest BCUT2D eigenvalue weighted by molar-refractivity contribution is -0.144. The summed E-state index contributed by atoms with van der Waals surface area (Å²) in [5.41, 5.74) is 3.05. The molecule has 0 fully saturated rings. The van der Waals surface area contributed by atoms with Gasteiger partial charge in [0.15, 0.2) is 17.6 Å². The Morgan fingerprint density at radius 1 is 1.14 bits per heavy atom. The smallest absolute Gasteiger partial charge is 0.344 e. The number of ether oxygens (including phenoxy) is 2. The molecule has 0 bridgehead atoms. The van der Waals surface area contributed by atoms with Crippen LogP contribution in [0.5, 0.6) is 11.5 Å². The summed E-state index contributed by atoms with van der Waals surface area (Å²) in [5, 5.41) is 21.1. The van der Waals surface area contributed by atoms with Gasteiger partial charge >= 0.3 is 5.97 Å². The van der Waals surface area contributed by atoms with Crippen LogP contribution in [0.4, 0.5) is 5.69 Å². The van der Waals surface area contributed by atoms with Crippen LogP contribution in [0.15, 0.2) is 42.0 Å². The standard InChI is InChI=1S/C22H22N2O5/c1-13-7-14(2)9-18(8-13)24-21(25)17(12-23)10-16-5-6-19(20(11-16)28-4)29-15(3)22(26)27/h5-11,15H,1-4H3,(H,24,25)(H,26,27)/b17-10-/t15-/m1/s1. The van der Waals surface area contributed by atoms with E-state index in [1.165, 1.54) is 26.2 Å². The summed E-state index contributed by atoms with van der Waals surface area (Å²) >= 11 is 0. The molecule has 2 aromatic rings. The van der Waals surface area contributed by atoms with Gasteiger partial charge in [-0.2, -0.15) is 5.26 Å². The fourth-order valence-electron chi connectivity index (χ4n) is 2.67. The van der Waals surface area contributed by atoms with Crippen LogP contribution < -0.4 is 14.8 Å². The molecule has 0 radical (unpaired) electrons. The first-order valence-corrected chi connectivity index (χ1v) is 8.82. The molecule has 0 aliphatic carbocycles. The zero-order valence-corrected chi connectivity index (χ0v) is 16.6. The number of benzene rings is 2. The van der Waals surface area contributed by atoms with Gasteiger partial charge in [-0.1, -0.05) is 12.1 Å². The predicted molar refractivity (Wildman–Crippen MR) is 109 cm³/mol. The Labute approximate surface area is 169 Å². The van der Waals surface area contributed by atoms with Crippen LogP contribution >= 0.6 is 0 Å². The minimum absolute atomic E-state index is 0.0845. The van der Waals surface area contributed by atoms with E-state index in [0.717, 1.165) is 11.1 Å². The van der Waals surface area contributed by atoms with Gasteiger partial charge in [-0.15, -0.1) is 0 Å². The largest absolute Gasteiger partial charge is 0.493 e. The van der Waals surface area contributed by atoms with Crippen LogP contribution in [0.2, 0.25) is 0 Å². The molecule has 7 nitrogen and oxygen atoms in total. The number of anilines is 1. The van der Waals surface area contributed by atoms with E-state index in [-0.39, 0.29) is 11.3 Å². The predicted octanol–water partition coefficient (Wildman–Crippen LogP) is 3.71. The Morgan fingerprint density at radius 2 is 1.79 bits per heavy atom. The van der Waals surface area contributed by atoms with E-state index in [2.05, 4.69) is 5.32 Å². The number of hydrogen-bond donors (Lipinski definition) is 2. The number of hydrogen-bond acceptors (Lipinski definition) is 5. The van der Waals surface area contributed by atoms with Gasteiger partial charge < -0.3 is 19.9 Å². The maximum Gasteiger partial charge on any atom is 0.344 e. The first-order valence-electron chi connectivity index (χ1n) is 8.82. The van der Waals surface area contributed by atoms with E-state index < -0.39 is 18.0 Å². The second-order valence-corrected chi connectivity index (χ2v) is 6.51. The molecule has 2 rings (SSSR count). The van der Waals surface area contributed by atoms with Crippen molar-refractivity contribution in [2.75, 3.05) is 12.4 Å². The fraction of sp³-hybridized carbons (Fsp3) is 0.227. The molecule has 0 spiro atoms. The van der Waals surface area contributed by atoms with E-state index in [4.69, 9.17) is 14.6 Å². The van der Waals surface area contributed by atoms with E-state index in [0.29, 0.717) is 17.0 Å². The third-order valence-corrected chi connectivity index (χ3v) is 3.99. The number of aryl methyl sites for hydroxylation is 2. The number of carboxylic acid groups (broad SMARTS) is 1. The minimum atomic E-state index is -1.11. The molecule has 0 unspecified atom stereocenters. The van der Waals surface area contributed by atoms with Crippen LogP contribution in [0, 0.1) is 25.2 Å². The molecule has 7 heteroatoms. The van der Waals surface area contributed by atoms with Crippen molar-refractivity contribution in [3.63, 3.8) is 0 Å². The number of aliphatic carboxylic acids is 1. The molecule has 1 atom stereocenters. The second-order valence-electron chi connectivity index (χ2n) is 6.51. The summed E-state index contributed by atoms with van der Waals surface area (Å²) < 4.78 is 10.6. The van der Waals surface area contributed by atoms with Crippen molar-refractivity contribution < 1.29 is 24.2 Å². The van der Waals surface area contributed by atoms with Crippen LogP contribution in [-0.4, -0.2) is 30.2 Å². The Morgan fingerprint density at radius 3 is 2.34 bits per heavy atom. The summed E-state index contributed by atoms with van der Waals surface area (Å²) in [6.45, 7) is 5.25. The zero-order chi connectivity index (χ0) is 21.6. The maximum atomic E-state index is 12.5. The molecule has 0 saturated carbocycles. The lowest BCUT2D eigenvalue weighted by Crippen LogP contribution is -2.23. The number of carbonyl (C=O) groups is 2. The lowest BCUT2D eigenvalue weighted by Gasteiger charge is -2.14. The van der Waals surface area contributed by atoms with Gasteiger partial charge in [-0.3, -0.25) is 4.79 Å². The number of amides is 1. The average Bonchev–Trinajstić information content (AvgIpc) is 2.65. The highest BCUT2D eigenvalue weighted by atomic mass is 16.5. The van der Waals surface area contributed by atoms with Gasteiger partial charge in [0.1, 0.15) is 11.6 Å². The number of nitrogens with one attached hydrogen (secondary N) is 1. The molecular weight excluding hydrogens is 372 g/mol. The topological polar surface area (TPSA) is 109 Å². The van der Waals surface area contributed by atoms with E-state index >= 15 is 0 Å². The number of methoxy groups -OCH3 is 1. The summed E-state index contributed by atoms with van der Waals surface area (Å²) in [7, 11) is 1.42. The van der Waals surface area contributed by atoms with Gasteiger partial charge in [0.2, 0.25) is 0 Å². The molecule has 0 aliphatic heterocycles. The fourth-order valence-corrected chi connectivity index (χ4v) is 2.67. The molecule has 2 N–H and O–H groups in total. The summed E-state index contributed by atoms with van der Waals surface area (Å²) in [4.78, 5) is 23.5. The van der Waals surface area contributed by atoms with Gasteiger partial charge in [0.25, 0.3) is 5.91 Å². The molecule has 150 valence electrons. The monoisotopic (exact) mass is 394 g/mol. The van der Waals surface area contributed by atoms with E-state index in [1.807, 2.05) is 38.1 Å². The van der Waals surface area contributed by atoms with Crippen LogP contribution in [0.25, 0.3) is 6.08 Å². The first kappa shape index (κ1) is 21.5. The quantitative estimate of drug-likeness (QED) is 0.547. The van der Waals surface area contributed by atoms with Crippen molar-refractivity contribution in [3.05, 3.63) is 58.7 Å². The lowest BCUT2D eigenvalue weighted by atomic mass is 10.1. The summed E-state index contributed by atoms with van der Waals surface area (Å²) in [6.07, 6.45) is 0.369. The Balaban J connectivity index is 2.26. The summed E-state index contributed by atoms with van der Waals surface area (Å²) in [5.74, 6) is -1.10. The van der Waals surface area contributed by atoms with Gasteiger partial charge in [0, 0.05) is 5.69 Å². The highest BCUT2D eigenvalue weighted by Gasteiger charge is 2.16. The summed E-state index contributed by atoms with van der Waals surface area (Å²) in [6, 6.07) is 12.2. The third kappa shape index (κ3) is 5.84. The number of nitrogens with zero attached hydrogens (tertiary/aromatic N) is 1. The average molecular weight is 394 g/mol. The molecule has 2 aromatic carbocycles. The van der Waals surface area contributed by atoms with Gasteiger partial charge in [-0.25, -0.2) is 4.79 Å². The molecular formula is C22H22N2O5. The van der Waals surface area contributed by atoms with Crippen LogP contribution in [0.1, 0.15) is 23.6 Å². The van der Waals surface area contributed by atoms with Crippen molar-refractivity contribution in [1.82, 2.24) is 0 Å². The zero-order valence-electron chi connectivity index (χ0n) is 16.6. The molecule has 29 heavy (non-hydrogen) atoms. The van der Waals surface area contributed by atoms with Gasteiger partial charge in [-0.05, 0) is 67.8 Å². The van der Waals surface area contributed by atoms with Crippen molar-refractivity contribution in [2.45, 2.75) is 26.9 Å². The highest BCUT2D eigenvalue weighted by molar-refractivity contribution is 6.09. The number of rotatable bonds is 7. The molecule has 0 aromatic heterocycles. The molecule has 0 saturated heterocycles. The van der Waals surface area contributed by atoms with Crippen molar-refractivity contribution in [2.24, 2.45) is 0 Å². The van der Waals surface area contributed by atoms with Crippen LogP contribution in [0.3, 0.4) is 0 Å². The van der Waals surface area contributed by atoms with Crippen molar-refractivity contribution in [3.8, 4) is 17.6 Å². The Kier molecular flexibility index (Phi) is 6.99. The molecule has 1 amide bonds. The minimum Gasteiger partial charge on any atom is -0.493 e. The normalized spacial score (nSPS) is 11.9. The Bertz CT molecular complexity index is 984. The molecule has 0 aliphatic rings. The Hall–Kier alpha value is -3.79. The van der Waals surface area contributed by atoms with Crippen molar-refractivity contribution >= 4 is 23.6 Å². The number of nitriles is 1. The molecule has 0 heterocycles. The van der Waals surface area contributed by atoms with Gasteiger partial charge in [0.05, 0.1) is 7.11 Å². The second kappa shape index (κ2) is 9.42. The van der Waals surface area contributed by atoms with E-state index in [9.17, 15) is 14.9 Å². The van der Waals surface area contributed by atoms with Crippen molar-refractivity contribution in [1.29, 1.82) is 5.26 Å². The van der Waals surface area contributed by atoms with E-state index in [1.54, 1.807) is 12.1 Å². The third-order valence-electron chi connectivity index (χ3n) is 3.99. The highest BCUT2D eigenvalue weighted by Crippen LogP contribution is 2.30. The number of carboxylic acids is 1. The van der Waals surface area contributed by atoms with Crippen LogP contribution in [-0.2, 0) is 9.59 Å². The number of carbonyl (C=O) groups excluding carboxylic acids is 1.